The van der Waals surface area contributed by atoms with Gasteiger partial charge in [0.05, 0.1) is 6.61 Å². The third kappa shape index (κ3) is 3.22. The van der Waals surface area contributed by atoms with Gasteiger partial charge < -0.3 is 14.8 Å². The first kappa shape index (κ1) is 11.4. The average Bonchev–Trinajstić information content (AvgIpc) is 2.38. The Morgan fingerprint density at radius 1 is 1.50 bits per heavy atom. The number of hydrogen-bond donors (Lipinski definition) is 1. The van der Waals surface area contributed by atoms with Crippen molar-refractivity contribution >= 4 is 0 Å². The lowest BCUT2D eigenvalue weighted by Gasteiger charge is -2.23. The Morgan fingerprint density at radius 2 is 2.44 bits per heavy atom. The molecule has 1 aromatic rings. The van der Waals surface area contributed by atoms with Gasteiger partial charge in [-0.15, -0.1) is 0 Å². The van der Waals surface area contributed by atoms with Gasteiger partial charge >= 0.3 is 0 Å². The van der Waals surface area contributed by atoms with Gasteiger partial charge in [-0.1, -0.05) is 19.1 Å². The molecular weight excluding hydrogens is 202 g/mol. The van der Waals surface area contributed by atoms with E-state index in [9.17, 15) is 0 Å². The van der Waals surface area contributed by atoms with Crippen molar-refractivity contribution in [3.8, 4) is 5.75 Å². The molecule has 0 aliphatic carbocycles. The predicted octanol–water partition coefficient (Wildman–Crippen LogP) is 1.62. The van der Waals surface area contributed by atoms with E-state index in [4.69, 9.17) is 9.47 Å². The van der Waals surface area contributed by atoms with Crippen LogP contribution in [0.2, 0.25) is 0 Å². The number of morpholine rings is 1. The molecule has 1 heterocycles. The Balaban J connectivity index is 1.83. The summed E-state index contributed by atoms with van der Waals surface area (Å²) in [7, 11) is 0. The van der Waals surface area contributed by atoms with Crippen molar-refractivity contribution in [2.24, 2.45) is 0 Å². The zero-order chi connectivity index (χ0) is 11.2. The summed E-state index contributed by atoms with van der Waals surface area (Å²) in [5.74, 6) is 0.938. The molecule has 3 nitrogen and oxygen atoms in total. The minimum Gasteiger partial charge on any atom is -0.491 e. The van der Waals surface area contributed by atoms with E-state index in [1.807, 2.05) is 12.1 Å². The summed E-state index contributed by atoms with van der Waals surface area (Å²) in [6, 6.07) is 8.24. The van der Waals surface area contributed by atoms with Crippen LogP contribution in [0, 0.1) is 0 Å². The highest BCUT2D eigenvalue weighted by Crippen LogP contribution is 2.14. The van der Waals surface area contributed by atoms with Gasteiger partial charge in [0, 0.05) is 13.1 Å². The Bertz CT molecular complexity index is 321. The summed E-state index contributed by atoms with van der Waals surface area (Å²) in [5, 5.41) is 3.29. The lowest BCUT2D eigenvalue weighted by molar-refractivity contribution is 0.000182. The summed E-state index contributed by atoms with van der Waals surface area (Å²) in [4.78, 5) is 0. The molecular formula is C13H19NO2. The number of aryl methyl sites for hydroxylation is 1. The van der Waals surface area contributed by atoms with Crippen molar-refractivity contribution in [2.45, 2.75) is 19.4 Å². The van der Waals surface area contributed by atoms with Crippen LogP contribution in [0.3, 0.4) is 0 Å². The van der Waals surface area contributed by atoms with E-state index < -0.39 is 0 Å². The average molecular weight is 221 g/mol. The SMILES string of the molecule is CCc1cccc(OCC2CNCCO2)c1. The summed E-state index contributed by atoms with van der Waals surface area (Å²) in [6.45, 7) is 5.38. The maximum Gasteiger partial charge on any atom is 0.119 e. The Kier molecular flexibility index (Phi) is 4.19. The van der Waals surface area contributed by atoms with Gasteiger partial charge in [-0.3, -0.25) is 0 Å². The van der Waals surface area contributed by atoms with Crippen LogP contribution in [0.25, 0.3) is 0 Å². The Morgan fingerprint density at radius 3 is 3.19 bits per heavy atom. The highest BCUT2D eigenvalue weighted by atomic mass is 16.5. The molecule has 0 aromatic heterocycles. The topological polar surface area (TPSA) is 30.5 Å². The number of nitrogens with one attached hydrogen (secondary N) is 1. The molecule has 16 heavy (non-hydrogen) atoms. The third-order valence-corrected chi connectivity index (χ3v) is 2.75. The molecule has 1 aliphatic rings. The minimum absolute atomic E-state index is 0.180. The zero-order valence-electron chi connectivity index (χ0n) is 9.74. The van der Waals surface area contributed by atoms with Gasteiger partial charge in [0.15, 0.2) is 0 Å². The predicted molar refractivity (Wildman–Crippen MR) is 63.9 cm³/mol. The molecule has 3 heteroatoms. The van der Waals surface area contributed by atoms with Gasteiger partial charge in [0.25, 0.3) is 0 Å². The van der Waals surface area contributed by atoms with Gasteiger partial charge in [0.1, 0.15) is 18.5 Å². The molecule has 1 aliphatic heterocycles. The fraction of sp³-hybridized carbons (Fsp3) is 0.538. The van der Waals surface area contributed by atoms with E-state index in [0.717, 1.165) is 31.9 Å². The van der Waals surface area contributed by atoms with Crippen molar-refractivity contribution in [1.82, 2.24) is 5.32 Å². The van der Waals surface area contributed by atoms with E-state index in [0.29, 0.717) is 6.61 Å². The van der Waals surface area contributed by atoms with Crippen molar-refractivity contribution in [3.05, 3.63) is 29.8 Å². The lowest BCUT2D eigenvalue weighted by atomic mass is 10.2. The van der Waals surface area contributed by atoms with Gasteiger partial charge in [-0.05, 0) is 24.1 Å². The lowest BCUT2D eigenvalue weighted by Crippen LogP contribution is -2.41. The summed E-state index contributed by atoms with van der Waals surface area (Å²) in [5.41, 5.74) is 1.31. The monoisotopic (exact) mass is 221 g/mol. The summed E-state index contributed by atoms with van der Waals surface area (Å²) in [6.07, 6.45) is 1.22. The summed E-state index contributed by atoms with van der Waals surface area (Å²) >= 11 is 0. The number of hydrogen-bond acceptors (Lipinski definition) is 3. The van der Waals surface area contributed by atoms with Crippen LogP contribution in [0.4, 0.5) is 0 Å². The largest absolute Gasteiger partial charge is 0.491 e. The van der Waals surface area contributed by atoms with E-state index in [1.165, 1.54) is 5.56 Å². The molecule has 1 unspecified atom stereocenters. The molecule has 1 fully saturated rings. The van der Waals surface area contributed by atoms with Crippen molar-refractivity contribution in [2.75, 3.05) is 26.3 Å². The molecule has 0 saturated carbocycles. The van der Waals surface area contributed by atoms with E-state index in [2.05, 4.69) is 24.4 Å². The van der Waals surface area contributed by atoms with E-state index >= 15 is 0 Å². The van der Waals surface area contributed by atoms with Crippen LogP contribution in [-0.4, -0.2) is 32.4 Å². The van der Waals surface area contributed by atoms with Crippen LogP contribution in [0.5, 0.6) is 5.75 Å². The fourth-order valence-electron chi connectivity index (χ4n) is 1.77. The van der Waals surface area contributed by atoms with Gasteiger partial charge in [-0.25, -0.2) is 0 Å². The summed E-state index contributed by atoms with van der Waals surface area (Å²) < 4.78 is 11.3. The molecule has 88 valence electrons. The first-order valence-electron chi connectivity index (χ1n) is 5.92. The Hall–Kier alpha value is -1.06. The zero-order valence-corrected chi connectivity index (χ0v) is 9.74. The molecule has 0 spiro atoms. The minimum atomic E-state index is 0.180. The smallest absolute Gasteiger partial charge is 0.119 e. The molecule has 1 N–H and O–H groups in total. The van der Waals surface area contributed by atoms with Crippen LogP contribution in [0.15, 0.2) is 24.3 Å². The normalized spacial score (nSPS) is 20.7. The number of rotatable bonds is 4. The molecule has 2 rings (SSSR count). The number of benzene rings is 1. The first-order chi connectivity index (χ1) is 7.88. The van der Waals surface area contributed by atoms with E-state index in [1.54, 1.807) is 0 Å². The van der Waals surface area contributed by atoms with Gasteiger partial charge in [0.2, 0.25) is 0 Å². The first-order valence-corrected chi connectivity index (χ1v) is 5.92. The van der Waals surface area contributed by atoms with Crippen molar-refractivity contribution < 1.29 is 9.47 Å². The van der Waals surface area contributed by atoms with Gasteiger partial charge in [-0.2, -0.15) is 0 Å². The molecule has 1 atom stereocenters. The second-order valence-corrected chi connectivity index (χ2v) is 4.01. The highest BCUT2D eigenvalue weighted by Gasteiger charge is 2.13. The van der Waals surface area contributed by atoms with Crippen LogP contribution in [-0.2, 0) is 11.2 Å². The fourth-order valence-corrected chi connectivity index (χ4v) is 1.77. The second-order valence-electron chi connectivity index (χ2n) is 4.01. The van der Waals surface area contributed by atoms with Crippen molar-refractivity contribution in [1.29, 1.82) is 0 Å². The third-order valence-electron chi connectivity index (χ3n) is 2.75. The molecule has 1 aromatic carbocycles. The van der Waals surface area contributed by atoms with Crippen molar-refractivity contribution in [3.63, 3.8) is 0 Å². The number of ether oxygens (including phenoxy) is 2. The molecule has 0 radical (unpaired) electrons. The maximum atomic E-state index is 5.72. The molecule has 1 saturated heterocycles. The molecule has 0 bridgehead atoms. The quantitative estimate of drug-likeness (QED) is 0.838. The highest BCUT2D eigenvalue weighted by molar-refractivity contribution is 5.28. The molecule has 0 amide bonds. The van der Waals surface area contributed by atoms with Crippen LogP contribution < -0.4 is 10.1 Å². The van der Waals surface area contributed by atoms with Crippen LogP contribution >= 0.6 is 0 Å². The standard InChI is InChI=1S/C13H19NO2/c1-2-11-4-3-5-12(8-11)16-10-13-9-14-6-7-15-13/h3-5,8,13-14H,2,6-7,9-10H2,1H3. The van der Waals surface area contributed by atoms with Crippen LogP contribution in [0.1, 0.15) is 12.5 Å². The Labute approximate surface area is 96.8 Å². The maximum absolute atomic E-state index is 5.72. The second kappa shape index (κ2) is 5.87. The van der Waals surface area contributed by atoms with E-state index in [-0.39, 0.29) is 6.10 Å².